The highest BCUT2D eigenvalue weighted by Crippen LogP contribution is 2.26. The van der Waals surface area contributed by atoms with Crippen LogP contribution in [0.4, 0.5) is 0 Å². The molecule has 614 valence electrons. The highest BCUT2D eigenvalue weighted by atomic mass is 16.3. The van der Waals surface area contributed by atoms with Gasteiger partial charge in [0.2, 0.25) is 35.4 Å². The third-order valence-electron chi connectivity index (χ3n) is 17.9. The normalized spacial score (nSPS) is 15.3. The van der Waals surface area contributed by atoms with Crippen molar-refractivity contribution in [2.45, 2.75) is 51.4 Å². The molecule has 4 aromatic carbocycles. The third-order valence-corrected chi connectivity index (χ3v) is 17.9. The lowest BCUT2D eigenvalue weighted by Gasteiger charge is -2.28. The number of aromatic hydroxyl groups is 4. The SMILES string of the molecule is NCC(=O)NCC(=O)CCC(=O)NCC(=O)CCC(=O)N1CCNC(=O)c2cccc(c2O)C(=O)NCCN(CCN2CCNC(=O)c3cccc(c3O)C(=O)NCCN(C(=O)CCC(=O)CNC(=O)CCC(=O)CNC(=O)CN)CCNC(=O)c3cccc(c3O)C(=O)NCC2)CCNC(=O)c2cccc(c2O)C(=O)NCC1. The Morgan fingerprint density at radius 1 is 0.289 bits per heavy atom. The van der Waals surface area contributed by atoms with Crippen molar-refractivity contribution in [1.82, 2.24) is 83.4 Å². The number of ketones is 4. The molecule has 14 amide bonds. The molecule has 6 rings (SSSR count). The van der Waals surface area contributed by atoms with Crippen LogP contribution in [0.2, 0.25) is 0 Å². The van der Waals surface area contributed by atoms with Crippen LogP contribution in [0.15, 0.2) is 72.8 Å². The molecule has 0 fully saturated rings. The summed E-state index contributed by atoms with van der Waals surface area (Å²) in [7, 11) is 0. The highest BCUT2D eigenvalue weighted by Gasteiger charge is 2.27. The second kappa shape index (κ2) is 46.8. The van der Waals surface area contributed by atoms with Gasteiger partial charge in [-0.1, -0.05) is 24.3 Å². The number of amides is 14. The van der Waals surface area contributed by atoms with E-state index in [-0.39, 0.29) is 227 Å². The van der Waals surface area contributed by atoms with Crippen molar-refractivity contribution in [3.8, 4) is 23.0 Å². The Labute approximate surface area is 653 Å². The fourth-order valence-electron chi connectivity index (χ4n) is 11.4. The van der Waals surface area contributed by atoms with Crippen LogP contribution in [0.1, 0.15) is 134 Å². The number of nitrogens with zero attached hydrogens (tertiary/aromatic N) is 4. The summed E-state index contributed by atoms with van der Waals surface area (Å²) in [5, 5.41) is 76.1. The van der Waals surface area contributed by atoms with E-state index in [0.717, 1.165) is 0 Å². The molecule has 0 aliphatic carbocycles. The van der Waals surface area contributed by atoms with Gasteiger partial charge in [0.05, 0.1) is 83.8 Å². The largest absolute Gasteiger partial charge is 0.506 e. The molecular formula is C74H96N18O22. The van der Waals surface area contributed by atoms with Gasteiger partial charge < -0.3 is 105 Å². The second-order valence-corrected chi connectivity index (χ2v) is 26.0. The number of Topliss-reactive ketones (excluding diaryl/α,β-unsaturated/α-hetero) is 4. The number of hydrogen-bond acceptors (Lipinski definition) is 26. The summed E-state index contributed by atoms with van der Waals surface area (Å²) in [6.45, 7) is -4.30. The molecule has 8 bridgehead atoms. The lowest BCUT2D eigenvalue weighted by Crippen LogP contribution is -2.46. The molecule has 114 heavy (non-hydrogen) atoms. The predicted molar refractivity (Wildman–Crippen MR) is 404 cm³/mol. The van der Waals surface area contributed by atoms with Gasteiger partial charge in [0.15, 0.2) is 23.1 Å². The first kappa shape index (κ1) is 90.1. The molecule has 0 saturated heterocycles. The Bertz CT molecular complexity index is 3790. The topological polar surface area (TPSA) is 598 Å². The van der Waals surface area contributed by atoms with E-state index in [1.54, 1.807) is 9.80 Å². The van der Waals surface area contributed by atoms with Crippen LogP contribution in [0.3, 0.4) is 0 Å². The Kier molecular flexibility index (Phi) is 36.9. The molecule has 2 heterocycles. The lowest BCUT2D eigenvalue weighted by molar-refractivity contribution is -0.133. The smallest absolute Gasteiger partial charge is 0.255 e. The zero-order chi connectivity index (χ0) is 83.2. The number of hydrogen-bond donors (Lipinski definition) is 18. The Hall–Kier alpha value is -12.8. The average molecular weight is 1590 g/mol. The van der Waals surface area contributed by atoms with E-state index in [9.17, 15) is 107 Å². The van der Waals surface area contributed by atoms with Crippen molar-refractivity contribution in [1.29, 1.82) is 0 Å². The number of phenolic OH excluding ortho intramolecular Hbond substituents is 4. The zero-order valence-corrected chi connectivity index (χ0v) is 62.6. The molecule has 2 aliphatic heterocycles. The fraction of sp³-hybridized carbons (Fsp3) is 0.432. The Morgan fingerprint density at radius 2 is 0.482 bits per heavy atom. The number of phenols is 4. The molecule has 2 aliphatic rings. The molecule has 0 unspecified atom stereocenters. The van der Waals surface area contributed by atoms with E-state index in [1.807, 2.05) is 0 Å². The zero-order valence-electron chi connectivity index (χ0n) is 62.6. The fourth-order valence-corrected chi connectivity index (χ4v) is 11.4. The number of carbonyl (C=O) groups excluding carboxylic acids is 18. The minimum atomic E-state index is -0.857. The molecule has 0 saturated carbocycles. The van der Waals surface area contributed by atoms with Gasteiger partial charge in [-0.3, -0.25) is 96.1 Å². The molecule has 40 nitrogen and oxygen atoms in total. The van der Waals surface area contributed by atoms with E-state index >= 15 is 0 Å². The van der Waals surface area contributed by atoms with Crippen molar-refractivity contribution in [2.24, 2.45) is 11.5 Å². The maximum Gasteiger partial charge on any atom is 0.255 e. The molecule has 4 aromatic rings. The summed E-state index contributed by atoms with van der Waals surface area (Å²) in [6.07, 6.45) is -2.54. The van der Waals surface area contributed by atoms with E-state index < -0.39 is 155 Å². The maximum absolute atomic E-state index is 13.8. The van der Waals surface area contributed by atoms with Crippen molar-refractivity contribution >= 4 is 106 Å². The molecule has 0 spiro atoms. The standard InChI is InChI=1S/C74H96N18O22/c75-39-59(99)87-43-45(93)13-17-57(97)85-41-47(95)15-19-61(101)91-33-25-81-71(111)53-9-1-5-49(63(53)103)67(107)77-21-29-89(30-22-78-68(108)50-6-2-10-54(64(50)104)72(112)82-26-34-91)37-38-90-31-23-79-69(109)51-7-3-11-55(65(51)105)73(113)83-27-35-92(36-28-84-74(114)56-12-4-8-52(66(56)106)70(110)80-24-32-90)62(102)20-16-48(96)42-86-58(98)18-14-46(94)44-88-60(100)40-76/h1-12,103-106H,13-44,75-76H2,(H,77,107)(H,78,108)(H,79,109)(H,80,110)(H,81,111)(H,82,112)(H,83,113)(H,84,114)(H,85,97)(H,86,98)(H,87,99)(H,88,100). The predicted octanol–water partition coefficient (Wildman–Crippen LogP) is -5.48. The first-order valence-corrected chi connectivity index (χ1v) is 36.7. The van der Waals surface area contributed by atoms with E-state index in [0.29, 0.717) is 0 Å². The van der Waals surface area contributed by atoms with Crippen LogP contribution in [0.5, 0.6) is 23.0 Å². The number of carbonyl (C=O) groups is 18. The summed E-state index contributed by atoms with van der Waals surface area (Å²) >= 11 is 0. The average Bonchev–Trinajstić information content (AvgIpc) is 0.842. The Balaban J connectivity index is 1.14. The Morgan fingerprint density at radius 3 is 0.693 bits per heavy atom. The molecule has 0 atom stereocenters. The lowest BCUT2D eigenvalue weighted by atomic mass is 10.1. The van der Waals surface area contributed by atoms with E-state index in [4.69, 9.17) is 11.5 Å². The van der Waals surface area contributed by atoms with Crippen LogP contribution in [0, 0.1) is 0 Å². The van der Waals surface area contributed by atoms with Gasteiger partial charge >= 0.3 is 0 Å². The van der Waals surface area contributed by atoms with Crippen molar-refractivity contribution in [2.75, 3.05) is 157 Å². The summed E-state index contributed by atoms with van der Waals surface area (Å²) < 4.78 is 0. The number of para-hydroxylation sites is 4. The summed E-state index contributed by atoms with van der Waals surface area (Å²) in [5.41, 5.74) is 7.91. The van der Waals surface area contributed by atoms with Crippen LogP contribution < -0.4 is 75.3 Å². The quantitative estimate of drug-likeness (QED) is 0.0294. The summed E-state index contributed by atoms with van der Waals surface area (Å²) in [4.78, 5) is 241. The van der Waals surface area contributed by atoms with Crippen molar-refractivity contribution in [3.05, 3.63) is 117 Å². The molecule has 20 N–H and O–H groups in total. The van der Waals surface area contributed by atoms with Gasteiger partial charge in [-0.15, -0.1) is 0 Å². The van der Waals surface area contributed by atoms with Crippen LogP contribution in [-0.4, -0.2) is 303 Å². The summed E-state index contributed by atoms with van der Waals surface area (Å²) in [5.74, 6) is -15.1. The number of rotatable bonds is 25. The highest BCUT2D eigenvalue weighted by molar-refractivity contribution is 6.07. The van der Waals surface area contributed by atoms with Crippen molar-refractivity contribution < 1.29 is 107 Å². The van der Waals surface area contributed by atoms with E-state index in [1.165, 1.54) is 82.6 Å². The van der Waals surface area contributed by atoms with Crippen LogP contribution in [-0.2, 0) is 47.9 Å². The van der Waals surface area contributed by atoms with Crippen LogP contribution >= 0.6 is 0 Å². The van der Waals surface area contributed by atoms with Gasteiger partial charge in [-0.2, -0.15) is 0 Å². The van der Waals surface area contributed by atoms with Crippen LogP contribution in [0.25, 0.3) is 0 Å². The van der Waals surface area contributed by atoms with Gasteiger partial charge in [-0.05, 0) is 48.5 Å². The number of benzene rings is 4. The minimum Gasteiger partial charge on any atom is -0.506 e. The van der Waals surface area contributed by atoms with Gasteiger partial charge in [0.25, 0.3) is 47.3 Å². The summed E-state index contributed by atoms with van der Waals surface area (Å²) in [6, 6.07) is 15.4. The molecule has 0 radical (unpaired) electrons. The third kappa shape index (κ3) is 29.4. The first-order chi connectivity index (χ1) is 54.6. The molecule has 0 aromatic heterocycles. The van der Waals surface area contributed by atoms with Crippen molar-refractivity contribution in [3.63, 3.8) is 0 Å². The first-order valence-electron chi connectivity index (χ1n) is 36.7. The monoisotopic (exact) mass is 1590 g/mol. The maximum atomic E-state index is 13.8. The minimum absolute atomic E-state index is 0.0408. The van der Waals surface area contributed by atoms with E-state index in [2.05, 4.69) is 63.8 Å². The van der Waals surface area contributed by atoms with Gasteiger partial charge in [0, 0.05) is 169 Å². The number of nitrogens with one attached hydrogen (secondary N) is 12. The number of nitrogens with two attached hydrogens (primary N) is 2. The molecular weight excluding hydrogens is 1490 g/mol. The number of fused-ring (bicyclic) bond motifs is 8. The molecule has 40 heteroatoms. The van der Waals surface area contributed by atoms with Gasteiger partial charge in [-0.25, -0.2) is 0 Å². The van der Waals surface area contributed by atoms with Gasteiger partial charge in [0.1, 0.15) is 23.0 Å². The second-order valence-electron chi connectivity index (χ2n) is 26.0.